The quantitative estimate of drug-likeness (QED) is 0.605. The molecular formula is C18H22F2N4O3. The summed E-state index contributed by atoms with van der Waals surface area (Å²) in [6.45, 7) is 2.39. The molecule has 0 amide bonds. The number of rotatable bonds is 4. The minimum absolute atomic E-state index is 0. The van der Waals surface area contributed by atoms with Crippen molar-refractivity contribution in [3.05, 3.63) is 45.6 Å². The number of nitrogens with two attached hydrogens (primary N) is 1. The summed E-state index contributed by atoms with van der Waals surface area (Å²) in [5.74, 6) is -3.02. The lowest BCUT2D eigenvalue weighted by atomic mass is 10.0. The number of aromatic nitrogens is 1. The van der Waals surface area contributed by atoms with Gasteiger partial charge in [0.25, 0.3) is 0 Å². The number of hydrogen-bond acceptors (Lipinski definition) is 6. The highest BCUT2D eigenvalue weighted by Gasteiger charge is 2.24. The summed E-state index contributed by atoms with van der Waals surface area (Å²) in [6, 6.07) is 3.17. The Balaban J connectivity index is 0.00000261. The highest BCUT2D eigenvalue weighted by Crippen LogP contribution is 2.31. The number of halogens is 2. The molecule has 1 aromatic heterocycles. The highest BCUT2D eigenvalue weighted by atomic mass is 19.1. The molecule has 5 N–H and O–H groups in total. The summed E-state index contributed by atoms with van der Waals surface area (Å²) >= 11 is 0. The van der Waals surface area contributed by atoms with E-state index in [1.165, 1.54) is 6.07 Å². The Kier molecular flexibility index (Phi) is 6.29. The minimum Gasteiger partial charge on any atom is -0.503 e. The molecule has 0 radical (unpaired) electrons. The molecular weight excluding hydrogens is 358 g/mol. The van der Waals surface area contributed by atoms with Crippen LogP contribution in [0.1, 0.15) is 13.0 Å². The number of H-pyrrole nitrogens is 1. The van der Waals surface area contributed by atoms with E-state index in [1.54, 1.807) is 0 Å². The van der Waals surface area contributed by atoms with Gasteiger partial charge in [0.05, 0.1) is 35.7 Å². The molecule has 1 fully saturated rings. The van der Waals surface area contributed by atoms with Gasteiger partial charge in [-0.25, -0.2) is 8.78 Å². The van der Waals surface area contributed by atoms with Crippen LogP contribution in [-0.4, -0.2) is 53.6 Å². The van der Waals surface area contributed by atoms with Crippen molar-refractivity contribution in [3.8, 4) is 17.0 Å². The van der Waals surface area contributed by atoms with E-state index < -0.39 is 34.1 Å². The van der Waals surface area contributed by atoms with Crippen molar-refractivity contribution in [2.24, 2.45) is 0 Å². The molecule has 0 atom stereocenters. The second kappa shape index (κ2) is 8.28. The first-order chi connectivity index (χ1) is 12.4. The van der Waals surface area contributed by atoms with Crippen LogP contribution in [0.15, 0.2) is 23.0 Å². The molecule has 2 heterocycles. The highest BCUT2D eigenvalue weighted by molar-refractivity contribution is 6.04. The number of nitrogens with zero attached hydrogens (tertiary/aromatic N) is 1. The average molecular weight is 380 g/mol. The topological polar surface area (TPSA) is 115 Å². The van der Waals surface area contributed by atoms with Gasteiger partial charge in [-0.3, -0.25) is 9.69 Å². The standard InChI is InChI=1S/C17H18F2N4O3.CH4/c18-9-2-1-3-10(19)12(9)14-16(25)15(24)13(17(21)22-14)11(20)8-23-4-6-26-7-5-23;/h1-3,20,25H,4-8H2,(H3,21,22,24);1H4. The van der Waals surface area contributed by atoms with Gasteiger partial charge in [-0.05, 0) is 12.1 Å². The fraction of sp³-hybridized carbons (Fsp3) is 0.333. The van der Waals surface area contributed by atoms with Gasteiger partial charge in [0, 0.05) is 19.6 Å². The van der Waals surface area contributed by atoms with Gasteiger partial charge in [-0.1, -0.05) is 13.5 Å². The summed E-state index contributed by atoms with van der Waals surface area (Å²) in [6.07, 6.45) is 0. The fourth-order valence-corrected chi connectivity index (χ4v) is 2.89. The van der Waals surface area contributed by atoms with Gasteiger partial charge < -0.3 is 26.0 Å². The molecule has 3 rings (SSSR count). The van der Waals surface area contributed by atoms with Crippen molar-refractivity contribution in [1.29, 1.82) is 5.41 Å². The van der Waals surface area contributed by atoms with Crippen LogP contribution in [0.3, 0.4) is 0 Å². The smallest absolute Gasteiger partial charge is 0.235 e. The zero-order valence-electron chi connectivity index (χ0n) is 13.8. The van der Waals surface area contributed by atoms with E-state index in [9.17, 15) is 18.7 Å². The van der Waals surface area contributed by atoms with Crippen LogP contribution in [0.2, 0.25) is 0 Å². The molecule has 2 aromatic rings. The van der Waals surface area contributed by atoms with E-state index in [-0.39, 0.29) is 31.1 Å². The maximum atomic E-state index is 14.0. The SMILES string of the molecule is C.N=C(CN1CCOCC1)c1c(N)[nH]c(-c2c(F)cccc2F)c(O)c1=O. The first-order valence-electron chi connectivity index (χ1n) is 7.97. The molecule has 0 unspecified atom stereocenters. The largest absolute Gasteiger partial charge is 0.503 e. The number of nitrogens with one attached hydrogen (secondary N) is 2. The molecule has 146 valence electrons. The van der Waals surface area contributed by atoms with Gasteiger partial charge in [0.2, 0.25) is 5.43 Å². The van der Waals surface area contributed by atoms with E-state index in [0.29, 0.717) is 26.3 Å². The zero-order chi connectivity index (χ0) is 18.8. The monoisotopic (exact) mass is 380 g/mol. The molecule has 9 heteroatoms. The number of ether oxygens (including phenoxy) is 1. The number of aromatic amines is 1. The Labute approximate surface area is 154 Å². The molecule has 7 nitrogen and oxygen atoms in total. The number of pyridine rings is 1. The van der Waals surface area contributed by atoms with Crippen molar-refractivity contribution in [1.82, 2.24) is 9.88 Å². The number of morpholine rings is 1. The molecule has 27 heavy (non-hydrogen) atoms. The summed E-state index contributed by atoms with van der Waals surface area (Å²) in [7, 11) is 0. The van der Waals surface area contributed by atoms with Crippen molar-refractivity contribution in [2.75, 3.05) is 38.6 Å². The van der Waals surface area contributed by atoms with Crippen molar-refractivity contribution in [2.45, 2.75) is 7.43 Å². The maximum Gasteiger partial charge on any atom is 0.235 e. The number of nitrogen functional groups attached to an aromatic ring is 1. The van der Waals surface area contributed by atoms with Crippen LogP contribution in [0.5, 0.6) is 5.75 Å². The molecule has 0 bridgehead atoms. The molecule has 1 aliphatic rings. The molecule has 0 saturated carbocycles. The summed E-state index contributed by atoms with van der Waals surface area (Å²) in [4.78, 5) is 16.9. The van der Waals surface area contributed by atoms with Gasteiger partial charge >= 0.3 is 0 Å². The predicted molar refractivity (Wildman–Crippen MR) is 99.3 cm³/mol. The third-order valence-corrected chi connectivity index (χ3v) is 4.21. The second-order valence-corrected chi connectivity index (χ2v) is 5.93. The van der Waals surface area contributed by atoms with E-state index in [1.807, 2.05) is 4.90 Å². The maximum absolute atomic E-state index is 14.0. The van der Waals surface area contributed by atoms with Gasteiger partial charge in [0.1, 0.15) is 17.5 Å². The van der Waals surface area contributed by atoms with E-state index in [0.717, 1.165) is 12.1 Å². The zero-order valence-corrected chi connectivity index (χ0v) is 13.8. The number of aromatic hydroxyl groups is 1. The van der Waals surface area contributed by atoms with Crippen LogP contribution < -0.4 is 11.2 Å². The number of anilines is 1. The van der Waals surface area contributed by atoms with Gasteiger partial charge in [-0.15, -0.1) is 0 Å². The summed E-state index contributed by atoms with van der Waals surface area (Å²) in [5.41, 5.74) is 3.55. The first kappa shape index (κ1) is 20.5. The van der Waals surface area contributed by atoms with Crippen LogP contribution in [-0.2, 0) is 4.74 Å². The van der Waals surface area contributed by atoms with Crippen LogP contribution in [0.25, 0.3) is 11.3 Å². The van der Waals surface area contributed by atoms with Gasteiger partial charge in [-0.2, -0.15) is 0 Å². The Morgan fingerprint density at radius 3 is 2.48 bits per heavy atom. The Morgan fingerprint density at radius 1 is 1.30 bits per heavy atom. The average Bonchev–Trinajstić information content (AvgIpc) is 2.60. The van der Waals surface area contributed by atoms with E-state index in [4.69, 9.17) is 15.9 Å². The molecule has 0 spiro atoms. The summed E-state index contributed by atoms with van der Waals surface area (Å²) in [5, 5.41) is 18.4. The lowest BCUT2D eigenvalue weighted by Crippen LogP contribution is -2.40. The number of hydrogen-bond donors (Lipinski definition) is 4. The van der Waals surface area contributed by atoms with Crippen molar-refractivity contribution in [3.63, 3.8) is 0 Å². The molecule has 1 aromatic carbocycles. The summed E-state index contributed by atoms with van der Waals surface area (Å²) < 4.78 is 33.2. The Hall–Kier alpha value is -2.78. The van der Waals surface area contributed by atoms with Crippen molar-refractivity contribution >= 4 is 11.5 Å². The van der Waals surface area contributed by atoms with Crippen LogP contribution in [0, 0.1) is 17.0 Å². The van der Waals surface area contributed by atoms with E-state index in [2.05, 4.69) is 4.98 Å². The Morgan fingerprint density at radius 2 is 1.89 bits per heavy atom. The molecule has 1 saturated heterocycles. The van der Waals surface area contributed by atoms with Crippen molar-refractivity contribution < 1.29 is 18.6 Å². The lowest BCUT2D eigenvalue weighted by molar-refractivity contribution is 0.0453. The number of benzene rings is 1. The fourth-order valence-electron chi connectivity index (χ4n) is 2.89. The van der Waals surface area contributed by atoms with Crippen LogP contribution >= 0.6 is 0 Å². The third-order valence-electron chi connectivity index (χ3n) is 4.21. The molecule has 1 aliphatic heterocycles. The minimum atomic E-state index is -0.952. The third kappa shape index (κ3) is 3.99. The predicted octanol–water partition coefficient (Wildman–Crippen LogP) is 1.94. The second-order valence-electron chi connectivity index (χ2n) is 5.93. The normalized spacial score (nSPS) is 14.6. The Bertz CT molecular complexity index is 888. The molecule has 0 aliphatic carbocycles. The van der Waals surface area contributed by atoms with Crippen LogP contribution in [0.4, 0.5) is 14.6 Å². The van der Waals surface area contributed by atoms with Gasteiger partial charge in [0.15, 0.2) is 5.75 Å². The van der Waals surface area contributed by atoms with E-state index >= 15 is 0 Å². The lowest BCUT2D eigenvalue weighted by Gasteiger charge is -2.26. The first-order valence-corrected chi connectivity index (χ1v) is 7.97.